The molecule has 1 atom stereocenters. The highest BCUT2D eigenvalue weighted by Gasteiger charge is 2.39. The van der Waals surface area contributed by atoms with Gasteiger partial charge in [-0.25, -0.2) is 0 Å². The summed E-state index contributed by atoms with van der Waals surface area (Å²) < 4.78 is 5.23. The summed E-state index contributed by atoms with van der Waals surface area (Å²) in [5, 5.41) is 0.568. The Balaban J connectivity index is 1.68. The lowest BCUT2D eigenvalue weighted by Gasteiger charge is -2.30. The lowest BCUT2D eigenvalue weighted by molar-refractivity contribution is -0.132. The maximum absolute atomic E-state index is 13.2. The average molecular weight is 399 g/mol. The average Bonchev–Trinajstić information content (AvgIpc) is 2.99. The fourth-order valence-electron chi connectivity index (χ4n) is 4.09. The molecule has 2 aromatic rings. The van der Waals surface area contributed by atoms with Crippen LogP contribution >= 0.6 is 11.6 Å². The number of rotatable bonds is 4. The van der Waals surface area contributed by atoms with E-state index in [9.17, 15) is 9.59 Å². The zero-order chi connectivity index (χ0) is 19.7. The van der Waals surface area contributed by atoms with Crippen LogP contribution in [0.15, 0.2) is 42.5 Å². The summed E-state index contributed by atoms with van der Waals surface area (Å²) in [5.74, 6) is 0.703. The monoisotopic (exact) mass is 398 g/mol. The van der Waals surface area contributed by atoms with Crippen molar-refractivity contribution >= 4 is 29.1 Å². The first-order valence-corrected chi connectivity index (χ1v) is 10.0. The molecule has 0 aliphatic carbocycles. The molecule has 2 aliphatic heterocycles. The summed E-state index contributed by atoms with van der Waals surface area (Å²) in [4.78, 5) is 29.8. The van der Waals surface area contributed by atoms with E-state index >= 15 is 0 Å². The molecule has 1 fully saturated rings. The van der Waals surface area contributed by atoms with Gasteiger partial charge in [0.2, 0.25) is 5.91 Å². The highest BCUT2D eigenvalue weighted by Crippen LogP contribution is 2.41. The molecule has 0 aromatic heterocycles. The Labute approximate surface area is 169 Å². The van der Waals surface area contributed by atoms with Gasteiger partial charge in [-0.2, -0.15) is 0 Å². The van der Waals surface area contributed by atoms with Crippen molar-refractivity contribution in [3.05, 3.63) is 58.6 Å². The number of ether oxygens (including phenoxy) is 1. The molecule has 6 heteroatoms. The molecule has 2 aromatic carbocycles. The maximum Gasteiger partial charge on any atom is 0.259 e. The Kier molecular flexibility index (Phi) is 5.27. The van der Waals surface area contributed by atoms with Crippen molar-refractivity contribution in [3.63, 3.8) is 0 Å². The highest BCUT2D eigenvalue weighted by atomic mass is 35.5. The number of benzene rings is 2. The number of piperidine rings is 1. The van der Waals surface area contributed by atoms with Gasteiger partial charge in [0.15, 0.2) is 0 Å². The molecule has 1 unspecified atom stereocenters. The number of hydrogen-bond donors (Lipinski definition) is 0. The minimum atomic E-state index is -0.357. The van der Waals surface area contributed by atoms with E-state index in [1.165, 1.54) is 6.42 Å². The van der Waals surface area contributed by atoms with Crippen LogP contribution in [0.3, 0.4) is 0 Å². The molecule has 146 valence electrons. The van der Waals surface area contributed by atoms with Gasteiger partial charge >= 0.3 is 0 Å². The van der Waals surface area contributed by atoms with E-state index in [2.05, 4.69) is 0 Å². The predicted octanol–water partition coefficient (Wildman–Crippen LogP) is 4.45. The summed E-state index contributed by atoms with van der Waals surface area (Å²) in [7, 11) is 1.61. The van der Waals surface area contributed by atoms with E-state index in [1.807, 2.05) is 35.2 Å². The fraction of sp³-hybridized carbons (Fsp3) is 0.364. The van der Waals surface area contributed by atoms with E-state index in [-0.39, 0.29) is 24.3 Å². The molecule has 28 heavy (non-hydrogen) atoms. The van der Waals surface area contributed by atoms with E-state index in [4.69, 9.17) is 16.3 Å². The van der Waals surface area contributed by atoms with E-state index in [1.54, 1.807) is 24.1 Å². The van der Waals surface area contributed by atoms with Gasteiger partial charge in [0.1, 0.15) is 5.75 Å². The zero-order valence-electron chi connectivity index (χ0n) is 15.9. The number of likely N-dealkylation sites (tertiary alicyclic amines) is 1. The van der Waals surface area contributed by atoms with E-state index in [0.717, 1.165) is 42.9 Å². The SMILES string of the molecule is COc1ccc(N2C(=O)c3ccc(Cl)cc3C2CC(=O)N2CCCCC2)cc1. The van der Waals surface area contributed by atoms with Gasteiger partial charge in [-0.15, -0.1) is 0 Å². The van der Waals surface area contributed by atoms with Crippen molar-refractivity contribution in [2.24, 2.45) is 0 Å². The minimum Gasteiger partial charge on any atom is -0.497 e. The molecule has 5 nitrogen and oxygen atoms in total. The van der Waals surface area contributed by atoms with Crippen LogP contribution in [0.1, 0.15) is 47.6 Å². The molecular formula is C22H23ClN2O3. The molecule has 4 rings (SSSR count). The topological polar surface area (TPSA) is 49.9 Å². The van der Waals surface area contributed by atoms with Gasteiger partial charge in [0.05, 0.1) is 19.6 Å². The molecule has 0 radical (unpaired) electrons. The number of amides is 2. The van der Waals surface area contributed by atoms with Crippen molar-refractivity contribution in [2.45, 2.75) is 31.7 Å². The van der Waals surface area contributed by atoms with Crippen molar-refractivity contribution in [1.82, 2.24) is 4.90 Å². The second kappa shape index (κ2) is 7.84. The molecular weight excluding hydrogens is 376 g/mol. The molecule has 0 bridgehead atoms. The molecule has 0 spiro atoms. The van der Waals surface area contributed by atoms with Crippen LogP contribution in [0.4, 0.5) is 5.69 Å². The Hall–Kier alpha value is -2.53. The van der Waals surface area contributed by atoms with Crippen molar-refractivity contribution in [2.75, 3.05) is 25.1 Å². The number of anilines is 1. The molecule has 1 saturated heterocycles. The second-order valence-electron chi connectivity index (χ2n) is 7.27. The summed E-state index contributed by atoms with van der Waals surface area (Å²) in [6.45, 7) is 1.59. The molecule has 0 N–H and O–H groups in total. The van der Waals surface area contributed by atoms with Gasteiger partial charge in [0, 0.05) is 29.4 Å². The Morgan fingerprint density at radius 2 is 1.82 bits per heavy atom. The lowest BCUT2D eigenvalue weighted by Crippen LogP contribution is -2.38. The van der Waals surface area contributed by atoms with E-state index in [0.29, 0.717) is 10.6 Å². The molecule has 2 aliphatic rings. The lowest BCUT2D eigenvalue weighted by atomic mass is 10.0. The van der Waals surface area contributed by atoms with E-state index < -0.39 is 0 Å². The molecule has 0 saturated carbocycles. The number of nitrogens with zero attached hydrogens (tertiary/aromatic N) is 2. The Bertz CT molecular complexity index is 891. The van der Waals surface area contributed by atoms with Crippen LogP contribution in [0.25, 0.3) is 0 Å². The smallest absolute Gasteiger partial charge is 0.259 e. The van der Waals surface area contributed by atoms with Crippen molar-refractivity contribution in [1.29, 1.82) is 0 Å². The minimum absolute atomic E-state index is 0.0869. The number of carbonyl (C=O) groups is 2. The summed E-state index contributed by atoms with van der Waals surface area (Å²) in [6, 6.07) is 12.3. The van der Waals surface area contributed by atoms with Crippen LogP contribution in [0, 0.1) is 0 Å². The normalized spacial score (nSPS) is 18.9. The first-order chi connectivity index (χ1) is 13.6. The number of halogens is 1. The van der Waals surface area contributed by atoms with Crippen LogP contribution in [-0.2, 0) is 4.79 Å². The number of carbonyl (C=O) groups excluding carboxylic acids is 2. The van der Waals surface area contributed by atoms with Gasteiger partial charge in [-0.1, -0.05) is 11.6 Å². The standard InChI is InChI=1S/C22H23ClN2O3/c1-28-17-8-6-16(7-9-17)25-20(14-21(26)24-11-3-2-4-12-24)19-13-15(23)5-10-18(19)22(25)27/h5-10,13,20H,2-4,11-12,14H2,1H3. The van der Waals surface area contributed by atoms with Crippen molar-refractivity contribution < 1.29 is 14.3 Å². The van der Waals surface area contributed by atoms with Gasteiger partial charge in [0.25, 0.3) is 5.91 Å². The number of fused-ring (bicyclic) bond motifs is 1. The first-order valence-electron chi connectivity index (χ1n) is 9.63. The summed E-state index contributed by atoms with van der Waals surface area (Å²) in [6.07, 6.45) is 3.51. The van der Waals surface area contributed by atoms with Gasteiger partial charge in [-0.3, -0.25) is 9.59 Å². The Morgan fingerprint density at radius 3 is 2.50 bits per heavy atom. The third kappa shape index (κ3) is 3.47. The second-order valence-corrected chi connectivity index (χ2v) is 7.70. The summed E-state index contributed by atoms with van der Waals surface area (Å²) >= 11 is 6.21. The number of hydrogen-bond acceptors (Lipinski definition) is 3. The Morgan fingerprint density at radius 1 is 1.11 bits per heavy atom. The van der Waals surface area contributed by atoms with Crippen LogP contribution in [0.2, 0.25) is 5.02 Å². The third-order valence-electron chi connectivity index (χ3n) is 5.56. The van der Waals surface area contributed by atoms with Crippen LogP contribution in [-0.4, -0.2) is 36.9 Å². The predicted molar refractivity (Wildman–Crippen MR) is 109 cm³/mol. The van der Waals surface area contributed by atoms with Gasteiger partial charge < -0.3 is 14.5 Å². The summed E-state index contributed by atoms with van der Waals surface area (Å²) in [5.41, 5.74) is 2.17. The number of methoxy groups -OCH3 is 1. The van der Waals surface area contributed by atoms with Crippen LogP contribution in [0.5, 0.6) is 5.75 Å². The molecule has 2 amide bonds. The zero-order valence-corrected chi connectivity index (χ0v) is 16.6. The maximum atomic E-state index is 13.2. The first kappa shape index (κ1) is 18.8. The van der Waals surface area contributed by atoms with Gasteiger partial charge in [-0.05, 0) is 67.3 Å². The quantitative estimate of drug-likeness (QED) is 0.764. The fourth-order valence-corrected chi connectivity index (χ4v) is 4.27. The molecule has 2 heterocycles. The van der Waals surface area contributed by atoms with Crippen LogP contribution < -0.4 is 9.64 Å². The van der Waals surface area contributed by atoms with Crippen molar-refractivity contribution in [3.8, 4) is 5.75 Å². The largest absolute Gasteiger partial charge is 0.497 e. The third-order valence-corrected chi connectivity index (χ3v) is 5.80. The highest BCUT2D eigenvalue weighted by molar-refractivity contribution is 6.31.